The van der Waals surface area contributed by atoms with Gasteiger partial charge in [0.25, 0.3) is 11.7 Å². The monoisotopic (exact) mass is 489 g/mol. The third-order valence-corrected chi connectivity index (χ3v) is 6.50. The lowest BCUT2D eigenvalue weighted by Crippen LogP contribution is -2.30. The predicted octanol–water partition coefficient (Wildman–Crippen LogP) is 6.74. The Balaban J connectivity index is 2.15. The quantitative estimate of drug-likeness (QED) is 0.193. The first-order valence-corrected chi connectivity index (χ1v) is 11.9. The molecular formula is C26H29Cl2NO4. The molecule has 1 atom stereocenters. The first-order chi connectivity index (χ1) is 15.7. The van der Waals surface area contributed by atoms with Crippen LogP contribution in [0.1, 0.15) is 68.7 Å². The van der Waals surface area contributed by atoms with Gasteiger partial charge in [0.15, 0.2) is 5.75 Å². The number of aliphatic hydroxyl groups is 1. The van der Waals surface area contributed by atoms with Gasteiger partial charge in [-0.1, -0.05) is 81.1 Å². The molecule has 0 saturated carbocycles. The molecule has 1 aliphatic rings. The van der Waals surface area contributed by atoms with E-state index < -0.39 is 17.7 Å². The highest BCUT2D eigenvalue weighted by Crippen LogP contribution is 2.42. The van der Waals surface area contributed by atoms with Crippen LogP contribution in [0, 0.1) is 0 Å². The van der Waals surface area contributed by atoms with Gasteiger partial charge >= 0.3 is 0 Å². The normalized spacial score (nSPS) is 17.8. The van der Waals surface area contributed by atoms with E-state index in [2.05, 4.69) is 20.8 Å². The van der Waals surface area contributed by atoms with E-state index in [1.54, 1.807) is 4.90 Å². The molecule has 1 fully saturated rings. The second-order valence-corrected chi connectivity index (χ2v) is 9.31. The smallest absolute Gasteiger partial charge is 0.295 e. The average Bonchev–Trinajstić information content (AvgIpc) is 3.03. The van der Waals surface area contributed by atoms with E-state index in [0.717, 1.165) is 30.4 Å². The number of rotatable bonds is 8. The van der Waals surface area contributed by atoms with Crippen molar-refractivity contribution in [3.05, 3.63) is 68.7 Å². The second kappa shape index (κ2) is 10.6. The summed E-state index contributed by atoms with van der Waals surface area (Å²) in [5, 5.41) is 11.6. The van der Waals surface area contributed by atoms with E-state index in [4.69, 9.17) is 27.9 Å². The summed E-state index contributed by atoms with van der Waals surface area (Å²) in [6.45, 7) is 6.70. The molecule has 7 heteroatoms. The molecule has 1 amide bonds. The SMILES string of the molecule is CCCCCN1C(=O)C(=O)/C(=C(/O)c2cc(Cl)c(OC)c(Cl)c2)C1c1ccc(C(C)C)cc1. The Labute approximate surface area is 204 Å². The van der Waals surface area contributed by atoms with Crippen LogP contribution in [-0.2, 0) is 9.59 Å². The second-order valence-electron chi connectivity index (χ2n) is 8.49. The minimum atomic E-state index is -0.718. The van der Waals surface area contributed by atoms with Gasteiger partial charge in [-0.2, -0.15) is 0 Å². The number of amides is 1. The Hall–Kier alpha value is -2.50. The number of hydrogen-bond donors (Lipinski definition) is 1. The van der Waals surface area contributed by atoms with Crippen molar-refractivity contribution < 1.29 is 19.4 Å². The molecule has 0 bridgehead atoms. The molecule has 33 heavy (non-hydrogen) atoms. The highest BCUT2D eigenvalue weighted by atomic mass is 35.5. The first kappa shape index (κ1) is 25.1. The summed E-state index contributed by atoms with van der Waals surface area (Å²) in [6, 6.07) is 10.1. The summed E-state index contributed by atoms with van der Waals surface area (Å²) in [6.07, 6.45) is 2.69. The van der Waals surface area contributed by atoms with Crippen LogP contribution in [0.5, 0.6) is 5.75 Å². The number of aliphatic hydroxyl groups excluding tert-OH is 1. The molecule has 0 radical (unpaired) electrons. The molecule has 1 N–H and O–H groups in total. The largest absolute Gasteiger partial charge is 0.507 e. The minimum Gasteiger partial charge on any atom is -0.507 e. The van der Waals surface area contributed by atoms with Crippen LogP contribution < -0.4 is 4.74 Å². The molecule has 1 aliphatic heterocycles. The van der Waals surface area contributed by atoms with Crippen molar-refractivity contribution in [3.8, 4) is 5.75 Å². The van der Waals surface area contributed by atoms with E-state index in [0.29, 0.717) is 12.5 Å². The number of nitrogens with zero attached hydrogens (tertiary/aromatic N) is 1. The molecule has 2 aromatic rings. The summed E-state index contributed by atoms with van der Waals surface area (Å²) in [7, 11) is 1.44. The number of carbonyl (C=O) groups is 2. The lowest BCUT2D eigenvalue weighted by atomic mass is 9.93. The van der Waals surface area contributed by atoms with Gasteiger partial charge in [-0.15, -0.1) is 0 Å². The Morgan fingerprint density at radius 1 is 1.09 bits per heavy atom. The van der Waals surface area contributed by atoms with Crippen LogP contribution in [0.25, 0.3) is 5.76 Å². The van der Waals surface area contributed by atoms with Crippen molar-refractivity contribution in [2.24, 2.45) is 0 Å². The number of halogens is 2. The molecule has 1 heterocycles. The lowest BCUT2D eigenvalue weighted by Gasteiger charge is -2.25. The van der Waals surface area contributed by atoms with E-state index >= 15 is 0 Å². The minimum absolute atomic E-state index is 0.0334. The van der Waals surface area contributed by atoms with Gasteiger partial charge in [0.05, 0.1) is 28.8 Å². The van der Waals surface area contributed by atoms with Crippen molar-refractivity contribution in [1.29, 1.82) is 0 Å². The van der Waals surface area contributed by atoms with Crippen LogP contribution in [0.4, 0.5) is 0 Å². The number of ether oxygens (including phenoxy) is 1. The number of methoxy groups -OCH3 is 1. The zero-order chi connectivity index (χ0) is 24.3. The summed E-state index contributed by atoms with van der Waals surface area (Å²) in [5.41, 5.74) is 2.20. The number of Topliss-reactive ketones (excluding diaryl/α,β-unsaturated/α-hetero) is 1. The van der Waals surface area contributed by atoms with E-state index in [9.17, 15) is 14.7 Å². The van der Waals surface area contributed by atoms with Gasteiger partial charge in [-0.25, -0.2) is 0 Å². The summed E-state index contributed by atoms with van der Waals surface area (Å²) in [5.74, 6) is -1.02. The molecule has 3 rings (SSSR count). The summed E-state index contributed by atoms with van der Waals surface area (Å²) < 4.78 is 5.18. The number of carbonyl (C=O) groups excluding carboxylic acids is 2. The van der Waals surface area contributed by atoms with Crippen molar-refractivity contribution in [2.75, 3.05) is 13.7 Å². The van der Waals surface area contributed by atoms with Gasteiger partial charge in [-0.05, 0) is 35.6 Å². The number of unbranched alkanes of at least 4 members (excludes halogenated alkanes) is 2. The Kier molecular flexibility index (Phi) is 8.09. The Morgan fingerprint density at radius 2 is 1.70 bits per heavy atom. The molecule has 1 unspecified atom stereocenters. The molecule has 0 spiro atoms. The molecule has 2 aromatic carbocycles. The zero-order valence-electron chi connectivity index (χ0n) is 19.3. The highest BCUT2D eigenvalue weighted by Gasteiger charge is 2.45. The van der Waals surface area contributed by atoms with E-state index in [1.165, 1.54) is 19.2 Å². The van der Waals surface area contributed by atoms with Gasteiger partial charge in [0.2, 0.25) is 0 Å². The van der Waals surface area contributed by atoms with Gasteiger partial charge in [0, 0.05) is 12.1 Å². The topological polar surface area (TPSA) is 66.8 Å². The summed E-state index contributed by atoms with van der Waals surface area (Å²) in [4.78, 5) is 27.7. The molecular weight excluding hydrogens is 461 g/mol. The molecule has 5 nitrogen and oxygen atoms in total. The fraction of sp³-hybridized carbons (Fsp3) is 0.385. The van der Waals surface area contributed by atoms with Gasteiger partial charge < -0.3 is 14.7 Å². The van der Waals surface area contributed by atoms with Crippen molar-refractivity contribution in [3.63, 3.8) is 0 Å². The number of hydrogen-bond acceptors (Lipinski definition) is 4. The van der Waals surface area contributed by atoms with Crippen LogP contribution in [0.3, 0.4) is 0 Å². The fourth-order valence-corrected chi connectivity index (χ4v) is 4.74. The summed E-state index contributed by atoms with van der Waals surface area (Å²) >= 11 is 12.5. The standard InChI is InChI=1S/C26H29Cl2NO4/c1-5-6-7-12-29-22(17-10-8-16(9-11-17)15(2)3)21(24(31)26(29)32)23(30)18-13-19(27)25(33-4)20(28)14-18/h8-11,13-15,22,30H,5-7,12H2,1-4H3/b23-21+. The number of ketones is 1. The van der Waals surface area contributed by atoms with Gasteiger partial charge in [-0.3, -0.25) is 9.59 Å². The molecule has 0 aromatic heterocycles. The molecule has 176 valence electrons. The van der Waals surface area contributed by atoms with Crippen molar-refractivity contribution >= 4 is 40.7 Å². The average molecular weight is 490 g/mol. The van der Waals surface area contributed by atoms with Crippen LogP contribution >= 0.6 is 23.2 Å². The molecule has 0 aliphatic carbocycles. The maximum absolute atomic E-state index is 13.1. The maximum atomic E-state index is 13.1. The number of likely N-dealkylation sites (tertiary alicyclic amines) is 1. The third-order valence-electron chi connectivity index (χ3n) is 5.94. The lowest BCUT2D eigenvalue weighted by molar-refractivity contribution is -0.139. The maximum Gasteiger partial charge on any atom is 0.295 e. The Bertz CT molecular complexity index is 1050. The van der Waals surface area contributed by atoms with Crippen LogP contribution in [-0.4, -0.2) is 35.4 Å². The number of benzene rings is 2. The first-order valence-electron chi connectivity index (χ1n) is 11.1. The van der Waals surface area contributed by atoms with E-state index in [-0.39, 0.29) is 32.7 Å². The highest BCUT2D eigenvalue weighted by molar-refractivity contribution is 6.46. The van der Waals surface area contributed by atoms with Crippen LogP contribution in [0.15, 0.2) is 42.0 Å². The zero-order valence-corrected chi connectivity index (χ0v) is 20.8. The third kappa shape index (κ3) is 5.04. The fourth-order valence-electron chi connectivity index (χ4n) is 4.10. The van der Waals surface area contributed by atoms with E-state index in [1.807, 2.05) is 24.3 Å². The van der Waals surface area contributed by atoms with Gasteiger partial charge in [0.1, 0.15) is 5.76 Å². The van der Waals surface area contributed by atoms with Crippen molar-refractivity contribution in [2.45, 2.75) is 52.0 Å². The van der Waals surface area contributed by atoms with Crippen LogP contribution in [0.2, 0.25) is 10.0 Å². The molecule has 1 saturated heterocycles. The Morgan fingerprint density at radius 3 is 2.21 bits per heavy atom. The predicted molar refractivity (Wildman–Crippen MR) is 132 cm³/mol. The van der Waals surface area contributed by atoms with Crippen molar-refractivity contribution in [1.82, 2.24) is 4.90 Å².